The van der Waals surface area contributed by atoms with Crippen LogP contribution in [0.5, 0.6) is 0 Å². The van der Waals surface area contributed by atoms with Crippen LogP contribution in [0.1, 0.15) is 33.2 Å². The second-order valence-electron chi connectivity index (χ2n) is 9.18. The minimum absolute atomic E-state index is 0.0539. The minimum Gasteiger partial charge on any atom is -0.325 e. The molecule has 0 fully saturated rings. The molecule has 43 heavy (non-hydrogen) atoms. The van der Waals surface area contributed by atoms with E-state index in [1.807, 2.05) is 0 Å². The molecular formula is C32H26N4O6S. The molecule has 216 valence electrons. The summed E-state index contributed by atoms with van der Waals surface area (Å²) >= 11 is 1.31. The Balaban J connectivity index is 1.40. The Kier molecular flexibility index (Phi) is 10.2. The largest absolute Gasteiger partial charge is 0.325 e. The maximum atomic E-state index is 13.2. The number of non-ortho nitro benzene ring substituents is 1. The fourth-order valence-corrected chi connectivity index (χ4v) is 4.47. The summed E-state index contributed by atoms with van der Waals surface area (Å²) in [5, 5.41) is 19.1. The van der Waals surface area contributed by atoms with Gasteiger partial charge in [0.1, 0.15) is 5.70 Å². The SMILES string of the molecule is CC(=O)c1ccc(NC(=O)CSc2ccc(NC(=O)/C(=C/c3ccc([N+](=O)[O-])cc3)NC(=O)c3ccccc3)cc2)cc1. The second kappa shape index (κ2) is 14.4. The third-order valence-corrected chi connectivity index (χ3v) is 7.01. The summed E-state index contributed by atoms with van der Waals surface area (Å²) in [6, 6.07) is 27.4. The molecule has 3 amide bonds. The molecule has 0 radical (unpaired) electrons. The number of hydrogen-bond acceptors (Lipinski definition) is 7. The van der Waals surface area contributed by atoms with E-state index < -0.39 is 16.7 Å². The number of anilines is 2. The molecule has 4 aromatic rings. The minimum atomic E-state index is -0.599. The fraction of sp³-hybridized carbons (Fsp3) is 0.0625. The van der Waals surface area contributed by atoms with Crippen molar-refractivity contribution in [2.75, 3.05) is 16.4 Å². The van der Waals surface area contributed by atoms with E-state index >= 15 is 0 Å². The molecule has 0 heterocycles. The van der Waals surface area contributed by atoms with Crippen LogP contribution in [0.4, 0.5) is 17.1 Å². The highest BCUT2D eigenvalue weighted by Crippen LogP contribution is 2.22. The first kappa shape index (κ1) is 30.4. The van der Waals surface area contributed by atoms with Gasteiger partial charge in [0.05, 0.1) is 10.7 Å². The van der Waals surface area contributed by atoms with Gasteiger partial charge in [-0.05, 0) is 91.4 Å². The first-order chi connectivity index (χ1) is 20.7. The van der Waals surface area contributed by atoms with Crippen molar-refractivity contribution in [2.45, 2.75) is 11.8 Å². The number of carbonyl (C=O) groups is 4. The summed E-state index contributed by atoms with van der Waals surface area (Å²) in [5.41, 5.74) is 2.27. The predicted molar refractivity (Wildman–Crippen MR) is 166 cm³/mol. The maximum absolute atomic E-state index is 13.2. The highest BCUT2D eigenvalue weighted by atomic mass is 32.2. The van der Waals surface area contributed by atoms with Gasteiger partial charge in [-0.2, -0.15) is 0 Å². The average molecular weight is 595 g/mol. The Labute approximate surface area is 251 Å². The molecule has 0 bridgehead atoms. The Morgan fingerprint density at radius 2 is 1.37 bits per heavy atom. The normalized spacial score (nSPS) is 10.9. The lowest BCUT2D eigenvalue weighted by Gasteiger charge is -2.12. The molecule has 0 saturated carbocycles. The standard InChI is InChI=1S/C32H26N4O6S/c1-21(37)23-9-11-25(12-10-23)33-30(38)20-43-28-17-13-26(14-18-28)34-32(40)29(35-31(39)24-5-3-2-4-6-24)19-22-7-15-27(16-8-22)36(41)42/h2-19H,20H2,1H3,(H,33,38)(H,34,40)(H,35,39)/b29-19-. The Morgan fingerprint density at radius 3 is 1.98 bits per heavy atom. The summed E-state index contributed by atoms with van der Waals surface area (Å²) in [5.74, 6) is -1.22. The Hall–Kier alpha value is -5.55. The number of nitro benzene ring substituents is 1. The molecule has 0 aromatic heterocycles. The number of amides is 3. The maximum Gasteiger partial charge on any atom is 0.272 e. The molecular weight excluding hydrogens is 568 g/mol. The van der Waals surface area contributed by atoms with E-state index in [0.717, 1.165) is 4.90 Å². The number of thioether (sulfide) groups is 1. The lowest BCUT2D eigenvalue weighted by atomic mass is 10.1. The van der Waals surface area contributed by atoms with Crippen LogP contribution in [-0.2, 0) is 9.59 Å². The van der Waals surface area contributed by atoms with Gasteiger partial charge in [-0.15, -0.1) is 11.8 Å². The number of nitrogens with one attached hydrogen (secondary N) is 3. The smallest absolute Gasteiger partial charge is 0.272 e. The van der Waals surface area contributed by atoms with E-state index in [2.05, 4.69) is 16.0 Å². The zero-order valence-electron chi connectivity index (χ0n) is 22.9. The number of carbonyl (C=O) groups excluding carboxylic acids is 4. The zero-order valence-corrected chi connectivity index (χ0v) is 23.7. The van der Waals surface area contributed by atoms with Crippen LogP contribution in [0.15, 0.2) is 114 Å². The van der Waals surface area contributed by atoms with E-state index in [1.165, 1.54) is 49.0 Å². The molecule has 0 aliphatic carbocycles. The van der Waals surface area contributed by atoms with Crippen molar-refractivity contribution in [1.29, 1.82) is 0 Å². The fourth-order valence-electron chi connectivity index (χ4n) is 3.77. The van der Waals surface area contributed by atoms with E-state index in [9.17, 15) is 29.3 Å². The van der Waals surface area contributed by atoms with Crippen molar-refractivity contribution in [2.24, 2.45) is 0 Å². The van der Waals surface area contributed by atoms with Crippen LogP contribution in [0.25, 0.3) is 6.08 Å². The van der Waals surface area contributed by atoms with Crippen LogP contribution in [0.3, 0.4) is 0 Å². The van der Waals surface area contributed by atoms with E-state index in [0.29, 0.717) is 28.1 Å². The number of ketones is 1. The number of benzene rings is 4. The van der Waals surface area contributed by atoms with Crippen molar-refractivity contribution < 1.29 is 24.1 Å². The molecule has 0 spiro atoms. The van der Waals surface area contributed by atoms with Crippen molar-refractivity contribution in [3.8, 4) is 0 Å². The number of nitrogens with zero attached hydrogens (tertiary/aromatic N) is 1. The van der Waals surface area contributed by atoms with Crippen molar-refractivity contribution in [1.82, 2.24) is 5.32 Å². The molecule has 10 nitrogen and oxygen atoms in total. The van der Waals surface area contributed by atoms with Gasteiger partial charge in [-0.3, -0.25) is 29.3 Å². The van der Waals surface area contributed by atoms with Gasteiger partial charge in [0.15, 0.2) is 5.78 Å². The van der Waals surface area contributed by atoms with Gasteiger partial charge in [0.25, 0.3) is 17.5 Å². The third-order valence-electron chi connectivity index (χ3n) is 6.00. The average Bonchev–Trinajstić information content (AvgIpc) is 3.01. The molecule has 0 unspecified atom stereocenters. The lowest BCUT2D eigenvalue weighted by molar-refractivity contribution is -0.384. The van der Waals surface area contributed by atoms with Gasteiger partial charge in [0.2, 0.25) is 5.91 Å². The number of rotatable bonds is 11. The summed E-state index contributed by atoms with van der Waals surface area (Å²) in [4.78, 5) is 61.0. The van der Waals surface area contributed by atoms with Crippen LogP contribution < -0.4 is 16.0 Å². The third kappa shape index (κ3) is 8.97. The monoisotopic (exact) mass is 594 g/mol. The highest BCUT2D eigenvalue weighted by Gasteiger charge is 2.16. The van der Waals surface area contributed by atoms with Crippen LogP contribution in [0.2, 0.25) is 0 Å². The zero-order chi connectivity index (χ0) is 30.8. The highest BCUT2D eigenvalue weighted by molar-refractivity contribution is 8.00. The summed E-state index contributed by atoms with van der Waals surface area (Å²) in [6.45, 7) is 1.47. The van der Waals surface area contributed by atoms with Gasteiger partial charge in [-0.25, -0.2) is 0 Å². The van der Waals surface area contributed by atoms with Gasteiger partial charge >= 0.3 is 0 Å². The molecule has 4 aromatic carbocycles. The number of Topliss-reactive ketones (excluding diaryl/α,β-unsaturated/α-hetero) is 1. The molecule has 0 atom stereocenters. The van der Waals surface area contributed by atoms with E-state index in [1.54, 1.807) is 78.9 Å². The molecule has 11 heteroatoms. The summed E-state index contributed by atoms with van der Waals surface area (Å²) < 4.78 is 0. The predicted octanol–water partition coefficient (Wildman–Crippen LogP) is 5.94. The molecule has 4 rings (SSSR count). The first-order valence-corrected chi connectivity index (χ1v) is 13.9. The number of hydrogen-bond donors (Lipinski definition) is 3. The van der Waals surface area contributed by atoms with Crippen LogP contribution >= 0.6 is 11.8 Å². The van der Waals surface area contributed by atoms with Crippen molar-refractivity contribution >= 4 is 58.4 Å². The van der Waals surface area contributed by atoms with E-state index in [-0.39, 0.29) is 28.8 Å². The quantitative estimate of drug-likeness (QED) is 0.0640. The van der Waals surface area contributed by atoms with Gasteiger partial charge < -0.3 is 16.0 Å². The van der Waals surface area contributed by atoms with E-state index in [4.69, 9.17) is 0 Å². The Bertz CT molecular complexity index is 1670. The molecule has 0 aliphatic rings. The summed E-state index contributed by atoms with van der Waals surface area (Å²) in [6.07, 6.45) is 1.43. The topological polar surface area (TPSA) is 148 Å². The van der Waals surface area contributed by atoms with Crippen molar-refractivity contribution in [3.05, 3.63) is 136 Å². The Morgan fingerprint density at radius 1 is 0.767 bits per heavy atom. The molecule has 3 N–H and O–H groups in total. The van der Waals surface area contributed by atoms with Crippen LogP contribution in [0, 0.1) is 10.1 Å². The first-order valence-electron chi connectivity index (χ1n) is 13.0. The van der Waals surface area contributed by atoms with Crippen molar-refractivity contribution in [3.63, 3.8) is 0 Å². The van der Waals surface area contributed by atoms with Gasteiger partial charge in [-0.1, -0.05) is 18.2 Å². The second-order valence-corrected chi connectivity index (χ2v) is 10.2. The van der Waals surface area contributed by atoms with Crippen LogP contribution in [-0.4, -0.2) is 34.2 Å². The molecule has 0 saturated heterocycles. The van der Waals surface area contributed by atoms with Gasteiger partial charge in [0, 0.05) is 39.5 Å². The molecule has 0 aliphatic heterocycles. The summed E-state index contributed by atoms with van der Waals surface area (Å²) in [7, 11) is 0. The lowest BCUT2D eigenvalue weighted by Crippen LogP contribution is -2.30. The number of nitro groups is 1.